The number of carboxylic acid groups (broad SMARTS) is 1. The predicted molar refractivity (Wildman–Crippen MR) is 65.5 cm³/mol. The summed E-state index contributed by atoms with van der Waals surface area (Å²) in [4.78, 5) is 22.8. The monoisotopic (exact) mass is 265 g/mol. The molecule has 6 heteroatoms. The smallest absolute Gasteiger partial charge is 0.328 e. The zero-order valence-corrected chi connectivity index (χ0v) is 10.2. The molecule has 0 aliphatic carbocycles. The number of carboxylic acids is 1. The van der Waals surface area contributed by atoms with Crippen molar-refractivity contribution >= 4 is 11.9 Å². The van der Waals surface area contributed by atoms with Gasteiger partial charge in [0, 0.05) is 0 Å². The molecule has 102 valence electrons. The van der Waals surface area contributed by atoms with Crippen molar-refractivity contribution in [1.29, 1.82) is 0 Å². The lowest BCUT2D eigenvalue weighted by molar-refractivity contribution is -0.146. The molecule has 1 aromatic carbocycles. The van der Waals surface area contributed by atoms with Gasteiger partial charge in [-0.25, -0.2) is 4.79 Å². The van der Waals surface area contributed by atoms with Gasteiger partial charge in [0.1, 0.15) is 6.04 Å². The molecule has 2 atom stereocenters. The Kier molecular flexibility index (Phi) is 4.13. The van der Waals surface area contributed by atoms with Crippen LogP contribution in [0, 0.1) is 0 Å². The molecule has 1 aliphatic heterocycles. The molecule has 19 heavy (non-hydrogen) atoms. The van der Waals surface area contributed by atoms with Gasteiger partial charge in [-0.3, -0.25) is 4.79 Å². The summed E-state index contributed by atoms with van der Waals surface area (Å²) in [6.45, 7) is -0.249. The minimum atomic E-state index is -1.31. The first-order valence-corrected chi connectivity index (χ1v) is 5.97. The number of aliphatic carboxylic acids is 1. The predicted octanol–water partition coefficient (Wildman–Crippen LogP) is -0.138. The molecular weight excluding hydrogens is 250 g/mol. The van der Waals surface area contributed by atoms with Crippen molar-refractivity contribution in [2.45, 2.75) is 18.6 Å². The quantitative estimate of drug-likeness (QED) is 0.704. The average Bonchev–Trinajstić information content (AvgIpc) is 2.43. The SMILES string of the molecule is O=C(N[C@@H](CO)C(=O)O)C1OCCc2ccccc21. The van der Waals surface area contributed by atoms with Crippen molar-refractivity contribution < 1.29 is 24.5 Å². The molecule has 0 saturated carbocycles. The fourth-order valence-electron chi connectivity index (χ4n) is 2.04. The van der Waals surface area contributed by atoms with Gasteiger partial charge in [-0.1, -0.05) is 24.3 Å². The van der Waals surface area contributed by atoms with Gasteiger partial charge in [-0.05, 0) is 17.5 Å². The third-order valence-electron chi connectivity index (χ3n) is 3.03. The van der Waals surface area contributed by atoms with Crippen LogP contribution in [0.5, 0.6) is 0 Å². The lowest BCUT2D eigenvalue weighted by Gasteiger charge is -2.26. The van der Waals surface area contributed by atoms with E-state index in [2.05, 4.69) is 5.32 Å². The van der Waals surface area contributed by atoms with Crippen LogP contribution in [0.2, 0.25) is 0 Å². The van der Waals surface area contributed by atoms with E-state index in [1.165, 1.54) is 0 Å². The molecule has 1 unspecified atom stereocenters. The summed E-state index contributed by atoms with van der Waals surface area (Å²) in [5.41, 5.74) is 1.76. The van der Waals surface area contributed by atoms with E-state index < -0.39 is 30.6 Å². The maximum absolute atomic E-state index is 12.0. The normalized spacial score (nSPS) is 19.3. The fourth-order valence-corrected chi connectivity index (χ4v) is 2.04. The highest BCUT2D eigenvalue weighted by molar-refractivity contribution is 5.87. The average molecular weight is 265 g/mol. The summed E-state index contributed by atoms with van der Waals surface area (Å²) >= 11 is 0. The number of carbonyl (C=O) groups is 2. The van der Waals surface area contributed by atoms with Gasteiger partial charge in [0.25, 0.3) is 5.91 Å². The van der Waals surface area contributed by atoms with Crippen LogP contribution in [-0.2, 0) is 20.7 Å². The number of aliphatic hydroxyl groups excluding tert-OH is 1. The first-order chi connectivity index (χ1) is 9.13. The number of nitrogens with one attached hydrogen (secondary N) is 1. The zero-order valence-electron chi connectivity index (χ0n) is 10.2. The zero-order chi connectivity index (χ0) is 13.8. The summed E-state index contributed by atoms with van der Waals surface area (Å²) in [6.07, 6.45) is -0.0965. The molecule has 1 heterocycles. The first kappa shape index (κ1) is 13.5. The summed E-state index contributed by atoms with van der Waals surface area (Å²) in [7, 11) is 0. The molecule has 3 N–H and O–H groups in total. The van der Waals surface area contributed by atoms with Crippen LogP contribution < -0.4 is 5.32 Å². The van der Waals surface area contributed by atoms with Crippen molar-refractivity contribution in [2.75, 3.05) is 13.2 Å². The molecule has 0 spiro atoms. The second-order valence-electron chi connectivity index (χ2n) is 4.28. The van der Waals surface area contributed by atoms with Crippen LogP contribution in [-0.4, -0.2) is 41.3 Å². The van der Waals surface area contributed by atoms with Crippen LogP contribution in [0.4, 0.5) is 0 Å². The minimum Gasteiger partial charge on any atom is -0.480 e. The highest BCUT2D eigenvalue weighted by atomic mass is 16.5. The Morgan fingerprint density at radius 2 is 2.16 bits per heavy atom. The van der Waals surface area contributed by atoms with Gasteiger partial charge in [-0.2, -0.15) is 0 Å². The third-order valence-corrected chi connectivity index (χ3v) is 3.03. The highest BCUT2D eigenvalue weighted by Crippen LogP contribution is 2.26. The number of amides is 1. The first-order valence-electron chi connectivity index (χ1n) is 5.97. The van der Waals surface area contributed by atoms with Crippen LogP contribution in [0.25, 0.3) is 0 Å². The van der Waals surface area contributed by atoms with E-state index in [-0.39, 0.29) is 0 Å². The number of carbonyl (C=O) groups excluding carboxylic acids is 1. The molecule has 2 rings (SSSR count). The van der Waals surface area contributed by atoms with Gasteiger partial charge < -0.3 is 20.3 Å². The van der Waals surface area contributed by atoms with Crippen LogP contribution >= 0.6 is 0 Å². The molecule has 1 aromatic rings. The standard InChI is InChI=1S/C13H15NO5/c15-7-10(13(17)18)14-12(16)11-9-4-2-1-3-8(9)5-6-19-11/h1-4,10-11,15H,5-7H2,(H,14,16)(H,17,18)/t10-,11?/m0/s1. The number of hydrogen-bond acceptors (Lipinski definition) is 4. The number of rotatable bonds is 4. The molecule has 0 bridgehead atoms. The summed E-state index contributed by atoms with van der Waals surface area (Å²) < 4.78 is 5.40. The second kappa shape index (κ2) is 5.81. The number of benzene rings is 1. The van der Waals surface area contributed by atoms with Gasteiger partial charge in [0.15, 0.2) is 6.10 Å². The van der Waals surface area contributed by atoms with E-state index in [4.69, 9.17) is 14.9 Å². The topological polar surface area (TPSA) is 95.9 Å². The number of hydrogen-bond donors (Lipinski definition) is 3. The Morgan fingerprint density at radius 3 is 2.84 bits per heavy atom. The Morgan fingerprint density at radius 1 is 1.42 bits per heavy atom. The molecule has 6 nitrogen and oxygen atoms in total. The van der Waals surface area contributed by atoms with Crippen LogP contribution in [0.3, 0.4) is 0 Å². The summed E-state index contributed by atoms with van der Waals surface area (Å²) in [5, 5.41) is 20.0. The van der Waals surface area contributed by atoms with Crippen molar-refractivity contribution in [2.24, 2.45) is 0 Å². The Balaban J connectivity index is 2.15. The molecule has 1 aliphatic rings. The summed E-state index contributed by atoms with van der Waals surface area (Å²) in [6, 6.07) is 6.07. The maximum Gasteiger partial charge on any atom is 0.328 e. The van der Waals surface area contributed by atoms with Crippen molar-refractivity contribution in [1.82, 2.24) is 5.32 Å². The van der Waals surface area contributed by atoms with E-state index in [9.17, 15) is 9.59 Å². The second-order valence-corrected chi connectivity index (χ2v) is 4.28. The van der Waals surface area contributed by atoms with E-state index in [0.717, 1.165) is 17.5 Å². The molecule has 0 fully saturated rings. The van der Waals surface area contributed by atoms with Crippen LogP contribution in [0.15, 0.2) is 24.3 Å². The lowest BCUT2D eigenvalue weighted by atomic mass is 9.97. The largest absolute Gasteiger partial charge is 0.480 e. The minimum absolute atomic E-state index is 0.409. The third kappa shape index (κ3) is 2.91. The van der Waals surface area contributed by atoms with Crippen molar-refractivity contribution in [3.05, 3.63) is 35.4 Å². The Bertz CT molecular complexity index is 488. The van der Waals surface area contributed by atoms with Crippen LogP contribution in [0.1, 0.15) is 17.2 Å². The van der Waals surface area contributed by atoms with E-state index in [0.29, 0.717) is 6.61 Å². The highest BCUT2D eigenvalue weighted by Gasteiger charge is 2.30. The van der Waals surface area contributed by atoms with Gasteiger partial charge in [0.2, 0.25) is 0 Å². The molecule has 0 aromatic heterocycles. The van der Waals surface area contributed by atoms with Gasteiger partial charge >= 0.3 is 5.97 Å². The van der Waals surface area contributed by atoms with Gasteiger partial charge in [-0.15, -0.1) is 0 Å². The van der Waals surface area contributed by atoms with E-state index >= 15 is 0 Å². The molecule has 1 amide bonds. The molecule has 0 saturated heterocycles. The molecule has 0 radical (unpaired) electrons. The van der Waals surface area contributed by atoms with E-state index in [1.807, 2.05) is 12.1 Å². The number of fused-ring (bicyclic) bond motifs is 1. The number of aliphatic hydroxyl groups is 1. The number of ether oxygens (including phenoxy) is 1. The summed E-state index contributed by atoms with van der Waals surface area (Å²) in [5.74, 6) is -1.83. The Hall–Kier alpha value is -1.92. The molecular formula is C13H15NO5. The maximum atomic E-state index is 12.0. The van der Waals surface area contributed by atoms with Crippen molar-refractivity contribution in [3.8, 4) is 0 Å². The Labute approximate surface area is 110 Å². The van der Waals surface area contributed by atoms with Gasteiger partial charge in [0.05, 0.1) is 13.2 Å². The fraction of sp³-hybridized carbons (Fsp3) is 0.385. The lowest BCUT2D eigenvalue weighted by Crippen LogP contribution is -2.46. The van der Waals surface area contributed by atoms with E-state index in [1.54, 1.807) is 12.1 Å². The van der Waals surface area contributed by atoms with Crippen molar-refractivity contribution in [3.63, 3.8) is 0 Å².